The first kappa shape index (κ1) is 98.5. The lowest BCUT2D eigenvalue weighted by Crippen LogP contribution is -2.62. The van der Waals surface area contributed by atoms with Gasteiger partial charge in [-0.25, -0.2) is 0 Å². The van der Waals surface area contributed by atoms with Crippen LogP contribution in [0.5, 0.6) is 0 Å². The Morgan fingerprint density at radius 1 is 0.292 bits per heavy atom. The average molecular weight is 1780 g/mol. The zero-order valence-corrected chi connectivity index (χ0v) is 86.5. The van der Waals surface area contributed by atoms with Crippen molar-refractivity contribution in [3.8, 4) is 0 Å². The highest BCUT2D eigenvalue weighted by molar-refractivity contribution is 5.79. The van der Waals surface area contributed by atoms with Gasteiger partial charge in [0.05, 0.1) is 94.1 Å². The smallest absolute Gasteiger partial charge is 0.0914 e. The Morgan fingerprint density at radius 2 is 0.615 bits per heavy atom. The van der Waals surface area contributed by atoms with E-state index < -0.39 is 0 Å². The molecule has 18 nitrogen and oxygen atoms in total. The zero-order chi connectivity index (χ0) is 92.5. The molecule has 3 aromatic carbocycles. The molecule has 8 bridgehead atoms. The van der Waals surface area contributed by atoms with E-state index in [1.165, 1.54) is 214 Å². The summed E-state index contributed by atoms with van der Waals surface area (Å²) in [4.78, 5) is 43.9. The maximum Gasteiger partial charge on any atom is 0.0914 e. The Labute approximate surface area is 794 Å². The lowest BCUT2D eigenvalue weighted by Gasteiger charge is -2.62. The van der Waals surface area contributed by atoms with Crippen LogP contribution in [-0.4, -0.2) is 230 Å². The average Bonchev–Trinajstić information content (AvgIpc) is 1.54. The van der Waals surface area contributed by atoms with Crippen LogP contribution in [0.3, 0.4) is 0 Å². The molecule has 724 valence electrons. The standard InChI is InChI=1S/C23H34N2.C19H28N2.C15H26N2.C15H24N2.C11H22N2.C9H12N2.C9H18N2.C6H12N2.C5H10N2/c1-2-25(23-12-19-6-20(13-23)8-21(7-19)14-23)15-24(1)22-9-16-3-17(10-22)5-18(4-16)11-22;1-3-9-16(10-4-1)20-15-21(17-11-5-2-6-12-17)19-14-8-7-13-18(19)20;1-3-7-14(8-4-1)16-11-12-17(13-16)15-9-5-2-6-10-15;1-14(2,3)16-11-17(15(4,5)6)13-10-8-7-9-12(13)16;1-10(2,3)12-7-8-13(9-12)11(4,5)6;1-10-7-11(2)9-6-4-3-5-8(9)10;1-8(2)10-5-6-11(7-10)9(3)4;1-3-8-5-4-7(2)6-8;1-6-3-4-7(2)5-6/h1-2,16-21H,3-15H2;7-8,13-14,16-17H,1-6,9-12,15H2;11-12,14-15H,1-10,13H2;7-10H,11H2,1-6H3;7-8H,9H2,1-6H3;3-6H,7H2,1-2H3;5-6,8-9H,7H2,1-4H3;4-5H,3,6H2,1-2H3;3-4H,5H2,1-2H3. The summed E-state index contributed by atoms with van der Waals surface area (Å²) in [6.45, 7) is 48.9. The highest BCUT2D eigenvalue weighted by Crippen LogP contribution is 2.62. The van der Waals surface area contributed by atoms with Crippen LogP contribution < -0.4 is 29.4 Å². The maximum absolute atomic E-state index is 2.86. The van der Waals surface area contributed by atoms with Crippen molar-refractivity contribution in [2.75, 3.05) is 131 Å². The third-order valence-corrected chi connectivity index (χ3v) is 33.1. The van der Waals surface area contributed by atoms with Gasteiger partial charge in [-0.2, -0.15) is 0 Å². The van der Waals surface area contributed by atoms with Crippen molar-refractivity contribution >= 4 is 34.1 Å². The number of hydrogen-bond acceptors (Lipinski definition) is 18. The van der Waals surface area contributed by atoms with E-state index in [4.69, 9.17) is 0 Å². The van der Waals surface area contributed by atoms with E-state index in [9.17, 15) is 0 Å². The fourth-order valence-corrected chi connectivity index (χ4v) is 26.1. The van der Waals surface area contributed by atoms with Crippen molar-refractivity contribution in [3.05, 3.63) is 147 Å². The minimum Gasteiger partial charge on any atom is -0.362 e. The molecule has 24 rings (SSSR count). The monoisotopic (exact) mass is 1780 g/mol. The second-order valence-corrected chi connectivity index (χ2v) is 48.2. The van der Waals surface area contributed by atoms with E-state index in [0.717, 1.165) is 113 Å². The molecule has 9 heterocycles. The Morgan fingerprint density at radius 3 is 0.892 bits per heavy atom. The molecule has 9 aliphatic heterocycles. The Hall–Kier alpha value is -7.50. The molecule has 12 fully saturated rings. The largest absolute Gasteiger partial charge is 0.362 e. The van der Waals surface area contributed by atoms with Gasteiger partial charge in [0.25, 0.3) is 0 Å². The van der Waals surface area contributed by atoms with E-state index in [1.807, 2.05) is 0 Å². The van der Waals surface area contributed by atoms with Gasteiger partial charge in [0.2, 0.25) is 0 Å². The lowest BCUT2D eigenvalue weighted by atomic mass is 9.52. The van der Waals surface area contributed by atoms with Gasteiger partial charge in [-0.1, -0.05) is 113 Å². The number of para-hydroxylation sites is 6. The Kier molecular flexibility index (Phi) is 32.6. The van der Waals surface area contributed by atoms with E-state index in [-0.39, 0.29) is 22.2 Å². The van der Waals surface area contributed by atoms with Gasteiger partial charge in [-0.05, 0) is 318 Å². The summed E-state index contributed by atoms with van der Waals surface area (Å²) in [5.74, 6) is 6.38. The molecule has 0 atom stereocenters. The maximum atomic E-state index is 2.86. The first-order chi connectivity index (χ1) is 62.0. The predicted molar refractivity (Wildman–Crippen MR) is 554 cm³/mol. The number of rotatable bonds is 9. The fraction of sp³-hybridized carbons (Fsp3) is 0.732. The normalized spacial score (nSPS) is 27.7. The SMILES string of the molecule is C1=CN(C23CC4CC(CC(C4)C2)C3)CN1C12CC3CC(CC(C3)C1)C2.C1=CN(C2CCCCC2)CN1C1CCCCC1.CC(C)(C)N1C=CN(C(C)(C)C)C1.CC(C)(C)N1CN(C(C)(C)C)c2ccccc21.CC(C)N1C=CN(C(C)C)C1.CCN1C=CN(C)C1.CN1C=CN(C)C1.CN1CN(C)c2ccccc21.c1ccc2c(c1)N(C1CCCCC1)CN2C1CCCCC1. The van der Waals surface area contributed by atoms with Crippen LogP contribution in [0.4, 0.5) is 34.1 Å². The molecule has 0 saturated heterocycles. The highest BCUT2D eigenvalue weighted by atomic mass is 15.4. The van der Waals surface area contributed by atoms with Crippen molar-refractivity contribution in [3.63, 3.8) is 0 Å². The minimum absolute atomic E-state index is 0.163. The molecule has 0 unspecified atom stereocenters. The van der Waals surface area contributed by atoms with Crippen molar-refractivity contribution < 1.29 is 0 Å². The van der Waals surface area contributed by atoms with Gasteiger partial charge >= 0.3 is 0 Å². The van der Waals surface area contributed by atoms with E-state index in [2.05, 4.69) is 388 Å². The summed E-state index contributed by atoms with van der Waals surface area (Å²) in [6, 6.07) is 30.8. The van der Waals surface area contributed by atoms with Gasteiger partial charge in [0, 0.05) is 186 Å². The number of nitrogens with zero attached hydrogens (tertiary/aromatic N) is 18. The molecule has 0 N–H and O–H groups in total. The van der Waals surface area contributed by atoms with E-state index in [1.54, 1.807) is 38.5 Å². The van der Waals surface area contributed by atoms with Gasteiger partial charge in [-0.3, -0.25) is 0 Å². The number of hydrogen-bond donors (Lipinski definition) is 0. The zero-order valence-electron chi connectivity index (χ0n) is 86.5. The van der Waals surface area contributed by atoms with Crippen molar-refractivity contribution in [2.45, 2.75) is 393 Å². The van der Waals surface area contributed by atoms with Crippen molar-refractivity contribution in [1.82, 2.24) is 58.8 Å². The van der Waals surface area contributed by atoms with Crippen LogP contribution >= 0.6 is 0 Å². The Balaban J connectivity index is 0.000000121. The van der Waals surface area contributed by atoms with Gasteiger partial charge < -0.3 is 88.2 Å². The lowest BCUT2D eigenvalue weighted by molar-refractivity contribution is -0.105. The number of anilines is 6. The summed E-state index contributed by atoms with van der Waals surface area (Å²) in [5, 5.41) is 0. The van der Waals surface area contributed by atoms with E-state index in [0.29, 0.717) is 23.2 Å². The van der Waals surface area contributed by atoms with Gasteiger partial charge in [0.1, 0.15) is 0 Å². The van der Waals surface area contributed by atoms with Gasteiger partial charge in [-0.15, -0.1) is 0 Å². The predicted octanol–water partition coefficient (Wildman–Crippen LogP) is 24.5. The van der Waals surface area contributed by atoms with Crippen molar-refractivity contribution in [2.24, 2.45) is 35.5 Å². The topological polar surface area (TPSA) is 58.3 Å². The molecule has 18 heteroatoms. The molecule has 21 aliphatic rings. The van der Waals surface area contributed by atoms with Gasteiger partial charge in [0.15, 0.2) is 0 Å². The molecule has 0 aromatic heterocycles. The third-order valence-electron chi connectivity index (χ3n) is 33.1. The van der Waals surface area contributed by atoms with Crippen LogP contribution in [0.2, 0.25) is 0 Å². The molecule has 12 aliphatic carbocycles. The molecular formula is C112H186N18. The first-order valence-corrected chi connectivity index (χ1v) is 52.8. The second kappa shape index (κ2) is 43.0. The third kappa shape index (κ3) is 24.8. The fourth-order valence-electron chi connectivity index (χ4n) is 26.1. The summed E-state index contributed by atoms with van der Waals surface area (Å²) in [6.07, 6.45) is 73.8. The highest BCUT2D eigenvalue weighted by Gasteiger charge is 2.58. The number of fused-ring (bicyclic) bond motifs is 3. The van der Waals surface area contributed by atoms with Crippen LogP contribution in [-0.2, 0) is 0 Å². The summed E-state index contributed by atoms with van der Waals surface area (Å²) in [5.41, 5.74) is 10.3. The summed E-state index contributed by atoms with van der Waals surface area (Å²) >= 11 is 0. The molecule has 0 spiro atoms. The van der Waals surface area contributed by atoms with Crippen LogP contribution in [0.1, 0.15) is 323 Å². The molecular weight excluding hydrogens is 1600 g/mol. The molecule has 3 aromatic rings. The number of benzene rings is 3. The summed E-state index contributed by atoms with van der Waals surface area (Å²) < 4.78 is 0. The first-order valence-electron chi connectivity index (χ1n) is 52.8. The molecule has 0 amide bonds. The second-order valence-electron chi connectivity index (χ2n) is 48.2. The van der Waals surface area contributed by atoms with Crippen LogP contribution in [0.25, 0.3) is 0 Å². The van der Waals surface area contributed by atoms with E-state index >= 15 is 0 Å². The Bertz CT molecular complexity index is 3860. The van der Waals surface area contributed by atoms with Crippen LogP contribution in [0, 0.1) is 35.5 Å². The quantitative estimate of drug-likeness (QED) is 0.204. The minimum atomic E-state index is 0.163. The molecule has 12 saturated carbocycles. The molecule has 130 heavy (non-hydrogen) atoms. The summed E-state index contributed by atoms with van der Waals surface area (Å²) in [7, 11) is 10.4. The van der Waals surface area contributed by atoms with Crippen LogP contribution in [0.15, 0.2) is 147 Å². The molecule has 0 radical (unpaired) electrons. The van der Waals surface area contributed by atoms with Crippen molar-refractivity contribution in [1.29, 1.82) is 0 Å².